The van der Waals surface area contributed by atoms with Gasteiger partial charge in [-0.05, 0) is 25.5 Å². The third-order valence-corrected chi connectivity index (χ3v) is 3.62. The van der Waals surface area contributed by atoms with Gasteiger partial charge in [0, 0.05) is 6.54 Å². The van der Waals surface area contributed by atoms with Crippen molar-refractivity contribution in [1.82, 2.24) is 4.90 Å². The molecule has 0 fully saturated rings. The Kier molecular flexibility index (Phi) is 9.77. The van der Waals surface area contributed by atoms with Crippen molar-refractivity contribution >= 4 is 11.9 Å². The summed E-state index contributed by atoms with van der Waals surface area (Å²) in [4.78, 5) is 25.6. The molecule has 0 amide bonds. The maximum Gasteiger partial charge on any atom is 0.318 e. The molecule has 5 heteroatoms. The lowest BCUT2D eigenvalue weighted by Crippen LogP contribution is -2.36. The van der Waals surface area contributed by atoms with Crippen LogP contribution in [0.2, 0.25) is 0 Å². The summed E-state index contributed by atoms with van der Waals surface area (Å²) in [6, 6.07) is 10.0. The van der Waals surface area contributed by atoms with E-state index in [2.05, 4.69) is 0 Å². The Bertz CT molecular complexity index is 489. The summed E-state index contributed by atoms with van der Waals surface area (Å²) >= 11 is 0. The van der Waals surface area contributed by atoms with Crippen LogP contribution in [0, 0.1) is 0 Å². The minimum Gasteiger partial charge on any atom is -0.465 e. The van der Waals surface area contributed by atoms with Crippen LogP contribution in [0.25, 0.3) is 0 Å². The third-order valence-electron chi connectivity index (χ3n) is 3.62. The number of hydrogen-bond donors (Lipinski definition) is 0. The number of ether oxygens (including phenoxy) is 2. The highest BCUT2D eigenvalue weighted by Gasteiger charge is 2.21. The average molecular weight is 335 g/mol. The summed E-state index contributed by atoms with van der Waals surface area (Å²) < 4.78 is 10.5. The quantitative estimate of drug-likeness (QED) is 0.268. The topological polar surface area (TPSA) is 55.8 Å². The van der Waals surface area contributed by atoms with Crippen molar-refractivity contribution in [1.29, 1.82) is 0 Å². The average Bonchev–Trinajstić information content (AvgIpc) is 2.55. The molecule has 0 saturated heterocycles. The predicted molar refractivity (Wildman–Crippen MR) is 93.2 cm³/mol. The van der Waals surface area contributed by atoms with Gasteiger partial charge in [-0.15, -0.1) is 0 Å². The SMILES string of the molecule is CCCCOC(=O)CC(=O)O[C@@H](CCC)N(C)Cc1ccccc1. The maximum absolute atomic E-state index is 12.0. The number of carbonyl (C=O) groups is 2. The zero-order valence-corrected chi connectivity index (χ0v) is 15.0. The van der Waals surface area contributed by atoms with Gasteiger partial charge in [-0.3, -0.25) is 14.5 Å². The van der Waals surface area contributed by atoms with E-state index in [1.54, 1.807) is 0 Å². The number of unbranched alkanes of at least 4 members (excludes halogenated alkanes) is 1. The minimum absolute atomic E-state index is 0.330. The van der Waals surface area contributed by atoms with Crippen LogP contribution in [0.4, 0.5) is 0 Å². The van der Waals surface area contributed by atoms with Crippen molar-refractivity contribution in [2.75, 3.05) is 13.7 Å². The van der Waals surface area contributed by atoms with Gasteiger partial charge in [0.15, 0.2) is 6.23 Å². The van der Waals surface area contributed by atoms with E-state index < -0.39 is 11.9 Å². The van der Waals surface area contributed by atoms with Gasteiger partial charge in [0.1, 0.15) is 6.42 Å². The molecule has 24 heavy (non-hydrogen) atoms. The van der Waals surface area contributed by atoms with Gasteiger partial charge in [-0.1, -0.05) is 57.0 Å². The van der Waals surface area contributed by atoms with Crippen molar-refractivity contribution in [2.45, 2.75) is 58.7 Å². The summed E-state index contributed by atoms with van der Waals surface area (Å²) in [5, 5.41) is 0. The summed E-state index contributed by atoms with van der Waals surface area (Å²) in [7, 11) is 1.92. The Labute approximate surface area is 144 Å². The van der Waals surface area contributed by atoms with Gasteiger partial charge in [0.2, 0.25) is 0 Å². The normalized spacial score (nSPS) is 12.0. The van der Waals surface area contributed by atoms with Crippen molar-refractivity contribution in [3.05, 3.63) is 35.9 Å². The molecule has 1 rings (SSSR count). The molecule has 0 aliphatic carbocycles. The Morgan fingerprint density at radius 2 is 1.79 bits per heavy atom. The lowest BCUT2D eigenvalue weighted by Gasteiger charge is -2.27. The van der Waals surface area contributed by atoms with E-state index in [9.17, 15) is 9.59 Å². The predicted octanol–water partition coefficient (Wildman–Crippen LogP) is 3.52. The van der Waals surface area contributed by atoms with Crippen molar-refractivity contribution in [2.24, 2.45) is 0 Å². The second kappa shape index (κ2) is 11.6. The fourth-order valence-electron chi connectivity index (χ4n) is 2.28. The summed E-state index contributed by atoms with van der Waals surface area (Å²) in [6.07, 6.45) is 2.69. The first-order valence-electron chi connectivity index (χ1n) is 8.66. The van der Waals surface area contributed by atoms with E-state index in [1.807, 2.05) is 56.1 Å². The molecule has 134 valence electrons. The monoisotopic (exact) mass is 335 g/mol. The van der Waals surface area contributed by atoms with Gasteiger partial charge in [0.25, 0.3) is 0 Å². The second-order valence-corrected chi connectivity index (χ2v) is 5.88. The Hall–Kier alpha value is -1.88. The van der Waals surface area contributed by atoms with E-state index in [-0.39, 0.29) is 12.6 Å². The molecule has 1 atom stereocenters. The summed E-state index contributed by atoms with van der Waals surface area (Å²) in [6.45, 7) is 5.09. The molecular formula is C19H29NO4. The van der Waals surface area contributed by atoms with Crippen LogP contribution in [0.3, 0.4) is 0 Å². The molecule has 0 unspecified atom stereocenters. The van der Waals surface area contributed by atoms with Crippen LogP contribution in [0.5, 0.6) is 0 Å². The molecule has 0 saturated carbocycles. The van der Waals surface area contributed by atoms with Gasteiger partial charge in [0.05, 0.1) is 6.61 Å². The molecule has 0 N–H and O–H groups in total. The number of benzene rings is 1. The third kappa shape index (κ3) is 8.11. The van der Waals surface area contributed by atoms with Crippen LogP contribution >= 0.6 is 0 Å². The Morgan fingerprint density at radius 3 is 2.42 bits per heavy atom. The number of rotatable bonds is 11. The van der Waals surface area contributed by atoms with Gasteiger partial charge in [-0.25, -0.2) is 0 Å². The molecule has 0 aliphatic heterocycles. The van der Waals surface area contributed by atoms with E-state index >= 15 is 0 Å². The second-order valence-electron chi connectivity index (χ2n) is 5.88. The first-order valence-corrected chi connectivity index (χ1v) is 8.66. The van der Waals surface area contributed by atoms with E-state index in [1.165, 1.54) is 0 Å². The smallest absolute Gasteiger partial charge is 0.318 e. The molecule has 0 bridgehead atoms. The van der Waals surface area contributed by atoms with E-state index in [4.69, 9.17) is 9.47 Å². The standard InChI is InChI=1S/C19H29NO4/c1-4-6-13-23-18(21)14-19(22)24-17(10-5-2)20(3)15-16-11-8-7-9-12-16/h7-9,11-12,17H,4-6,10,13-15H2,1-3H3/t17-/m0/s1. The minimum atomic E-state index is -0.533. The number of carbonyl (C=O) groups excluding carboxylic acids is 2. The van der Waals surface area contributed by atoms with Crippen LogP contribution in [0.15, 0.2) is 30.3 Å². The van der Waals surface area contributed by atoms with Gasteiger partial charge in [-0.2, -0.15) is 0 Å². The summed E-state index contributed by atoms with van der Waals surface area (Å²) in [5.74, 6) is -1.05. The van der Waals surface area contributed by atoms with Crippen LogP contribution in [0.1, 0.15) is 51.5 Å². The largest absolute Gasteiger partial charge is 0.465 e. The first-order chi connectivity index (χ1) is 11.6. The molecule has 1 aromatic rings. The summed E-state index contributed by atoms with van der Waals surface area (Å²) in [5.41, 5.74) is 1.15. The van der Waals surface area contributed by atoms with Crippen molar-refractivity contribution < 1.29 is 19.1 Å². The molecule has 0 heterocycles. The number of nitrogens with zero attached hydrogens (tertiary/aromatic N) is 1. The van der Waals surface area contributed by atoms with Crippen LogP contribution in [-0.2, 0) is 25.6 Å². The lowest BCUT2D eigenvalue weighted by molar-refractivity contribution is -0.165. The maximum atomic E-state index is 12.0. The van der Waals surface area contributed by atoms with Crippen LogP contribution < -0.4 is 0 Å². The van der Waals surface area contributed by atoms with E-state index in [0.717, 1.165) is 31.2 Å². The fraction of sp³-hybridized carbons (Fsp3) is 0.579. The number of hydrogen-bond acceptors (Lipinski definition) is 5. The van der Waals surface area contributed by atoms with Crippen LogP contribution in [-0.4, -0.2) is 36.7 Å². The van der Waals surface area contributed by atoms with Crippen molar-refractivity contribution in [3.63, 3.8) is 0 Å². The zero-order chi connectivity index (χ0) is 17.8. The molecule has 0 aliphatic rings. The number of esters is 2. The molecule has 5 nitrogen and oxygen atoms in total. The highest BCUT2D eigenvalue weighted by molar-refractivity contribution is 5.91. The van der Waals surface area contributed by atoms with E-state index in [0.29, 0.717) is 13.2 Å². The van der Waals surface area contributed by atoms with Gasteiger partial charge < -0.3 is 9.47 Å². The Morgan fingerprint density at radius 1 is 1.08 bits per heavy atom. The Balaban J connectivity index is 2.48. The molecule has 0 spiro atoms. The highest BCUT2D eigenvalue weighted by atomic mass is 16.6. The van der Waals surface area contributed by atoms with Crippen molar-refractivity contribution in [3.8, 4) is 0 Å². The van der Waals surface area contributed by atoms with Gasteiger partial charge >= 0.3 is 11.9 Å². The lowest BCUT2D eigenvalue weighted by atomic mass is 10.2. The highest BCUT2D eigenvalue weighted by Crippen LogP contribution is 2.12. The molecule has 0 aromatic heterocycles. The molecule has 0 radical (unpaired) electrons. The fourth-order valence-corrected chi connectivity index (χ4v) is 2.28. The first kappa shape index (κ1) is 20.2. The molecular weight excluding hydrogens is 306 g/mol. The molecule has 1 aromatic carbocycles. The zero-order valence-electron chi connectivity index (χ0n) is 15.0.